The molecule has 4 heteroatoms. The van der Waals surface area contributed by atoms with Crippen molar-refractivity contribution in [2.45, 2.75) is 65.3 Å². The molecule has 3 nitrogen and oxygen atoms in total. The van der Waals surface area contributed by atoms with Crippen LogP contribution >= 0.6 is 11.6 Å². The fourth-order valence-electron chi connectivity index (χ4n) is 3.00. The highest BCUT2D eigenvalue weighted by Crippen LogP contribution is 2.30. The predicted molar refractivity (Wildman–Crippen MR) is 80.8 cm³/mol. The Hall–Kier alpha value is -0.830. The standard InChI is InChI=1S/C15H24ClN3/c1-4-13(12-8-6-5-7-9-12)19-15-10(2)14(16)17-11(3)18-15/h12-13H,4-9H2,1-3H3,(H,17,18,19). The van der Waals surface area contributed by atoms with Gasteiger partial charge in [0.1, 0.15) is 16.8 Å². The Labute approximate surface area is 121 Å². The molecule has 0 spiro atoms. The van der Waals surface area contributed by atoms with Gasteiger partial charge in [0.2, 0.25) is 0 Å². The van der Waals surface area contributed by atoms with Crippen LogP contribution in [-0.4, -0.2) is 16.0 Å². The van der Waals surface area contributed by atoms with Gasteiger partial charge in [0.05, 0.1) is 0 Å². The minimum atomic E-state index is 0.504. The summed E-state index contributed by atoms with van der Waals surface area (Å²) in [6.07, 6.45) is 7.93. The van der Waals surface area contributed by atoms with Crippen molar-refractivity contribution in [3.05, 3.63) is 16.5 Å². The van der Waals surface area contributed by atoms with Crippen molar-refractivity contribution in [3.63, 3.8) is 0 Å². The van der Waals surface area contributed by atoms with Gasteiger partial charge in [-0.2, -0.15) is 0 Å². The Morgan fingerprint density at radius 2 is 1.89 bits per heavy atom. The highest BCUT2D eigenvalue weighted by Gasteiger charge is 2.23. The van der Waals surface area contributed by atoms with Gasteiger partial charge >= 0.3 is 0 Å². The summed E-state index contributed by atoms with van der Waals surface area (Å²) in [6.45, 7) is 6.12. The summed E-state index contributed by atoms with van der Waals surface area (Å²) in [5, 5.41) is 4.18. The second kappa shape index (κ2) is 6.56. The molecule has 19 heavy (non-hydrogen) atoms. The van der Waals surface area contributed by atoms with E-state index in [1.165, 1.54) is 32.1 Å². The monoisotopic (exact) mass is 281 g/mol. The molecule has 1 aromatic rings. The molecule has 106 valence electrons. The lowest BCUT2D eigenvalue weighted by atomic mass is 9.83. The number of hydrogen-bond donors (Lipinski definition) is 1. The number of aryl methyl sites for hydroxylation is 1. The zero-order chi connectivity index (χ0) is 13.8. The van der Waals surface area contributed by atoms with Crippen molar-refractivity contribution in [1.82, 2.24) is 9.97 Å². The third kappa shape index (κ3) is 3.59. The highest BCUT2D eigenvalue weighted by molar-refractivity contribution is 6.30. The summed E-state index contributed by atoms with van der Waals surface area (Å²) in [4.78, 5) is 8.70. The number of anilines is 1. The zero-order valence-corrected chi connectivity index (χ0v) is 12.9. The van der Waals surface area contributed by atoms with Crippen LogP contribution < -0.4 is 5.32 Å². The molecule has 1 aliphatic rings. The molecule has 1 unspecified atom stereocenters. The molecule has 1 atom stereocenters. The van der Waals surface area contributed by atoms with Crippen LogP contribution in [0, 0.1) is 19.8 Å². The third-order valence-corrected chi connectivity index (χ3v) is 4.55. The molecule has 1 N–H and O–H groups in total. The van der Waals surface area contributed by atoms with Gasteiger partial charge in [-0.3, -0.25) is 0 Å². The largest absolute Gasteiger partial charge is 0.367 e. The first-order valence-electron chi connectivity index (χ1n) is 7.39. The van der Waals surface area contributed by atoms with Gasteiger partial charge in [-0.1, -0.05) is 37.8 Å². The maximum Gasteiger partial charge on any atom is 0.137 e. The highest BCUT2D eigenvalue weighted by atomic mass is 35.5. The van der Waals surface area contributed by atoms with E-state index in [0.717, 1.165) is 29.5 Å². The van der Waals surface area contributed by atoms with E-state index in [-0.39, 0.29) is 0 Å². The topological polar surface area (TPSA) is 37.8 Å². The van der Waals surface area contributed by atoms with Crippen molar-refractivity contribution in [3.8, 4) is 0 Å². The van der Waals surface area contributed by atoms with Gasteiger partial charge in [0.15, 0.2) is 0 Å². The maximum atomic E-state index is 6.14. The zero-order valence-electron chi connectivity index (χ0n) is 12.2. The Morgan fingerprint density at radius 1 is 1.21 bits per heavy atom. The fourth-order valence-corrected chi connectivity index (χ4v) is 3.21. The molecule has 0 bridgehead atoms. The van der Waals surface area contributed by atoms with Crippen LogP contribution in [0.2, 0.25) is 5.15 Å². The van der Waals surface area contributed by atoms with E-state index >= 15 is 0 Å². The van der Waals surface area contributed by atoms with E-state index in [1.54, 1.807) is 0 Å². The molecule has 1 heterocycles. The molecule has 1 saturated carbocycles. The lowest BCUT2D eigenvalue weighted by Crippen LogP contribution is -2.31. The van der Waals surface area contributed by atoms with Gasteiger partial charge in [-0.15, -0.1) is 0 Å². The van der Waals surface area contributed by atoms with Gasteiger partial charge in [0.25, 0.3) is 0 Å². The smallest absolute Gasteiger partial charge is 0.137 e. The first-order chi connectivity index (χ1) is 9.11. The Bertz CT molecular complexity index is 428. The minimum Gasteiger partial charge on any atom is -0.367 e. The van der Waals surface area contributed by atoms with Crippen LogP contribution in [0.4, 0.5) is 5.82 Å². The molecule has 0 amide bonds. The summed E-state index contributed by atoms with van der Waals surface area (Å²) < 4.78 is 0. The SMILES string of the molecule is CCC(Nc1nc(C)nc(Cl)c1C)C1CCCCC1. The van der Waals surface area contributed by atoms with Crippen molar-refractivity contribution in [2.24, 2.45) is 5.92 Å². The van der Waals surface area contributed by atoms with E-state index in [2.05, 4.69) is 22.2 Å². The second-order valence-electron chi connectivity index (χ2n) is 5.59. The summed E-state index contributed by atoms with van der Waals surface area (Å²) in [5.74, 6) is 2.42. The van der Waals surface area contributed by atoms with Crippen LogP contribution in [0.15, 0.2) is 0 Å². The van der Waals surface area contributed by atoms with Gasteiger partial charge in [-0.05, 0) is 39.0 Å². The predicted octanol–water partition coefficient (Wildman–Crippen LogP) is 4.52. The van der Waals surface area contributed by atoms with Crippen LogP contribution in [0.5, 0.6) is 0 Å². The van der Waals surface area contributed by atoms with Crippen molar-refractivity contribution < 1.29 is 0 Å². The number of nitrogens with one attached hydrogen (secondary N) is 1. The minimum absolute atomic E-state index is 0.504. The van der Waals surface area contributed by atoms with Gasteiger partial charge in [-0.25, -0.2) is 9.97 Å². The normalized spacial score (nSPS) is 18.3. The Balaban J connectivity index is 2.13. The molecular formula is C15H24ClN3. The average molecular weight is 282 g/mol. The Morgan fingerprint density at radius 3 is 2.53 bits per heavy atom. The summed E-state index contributed by atoms with van der Waals surface area (Å²) in [6, 6.07) is 0.504. The van der Waals surface area contributed by atoms with Crippen LogP contribution in [-0.2, 0) is 0 Å². The number of rotatable bonds is 4. The molecule has 0 saturated heterocycles. The summed E-state index contributed by atoms with van der Waals surface area (Å²) in [7, 11) is 0. The van der Waals surface area contributed by atoms with E-state index in [1.807, 2.05) is 13.8 Å². The van der Waals surface area contributed by atoms with E-state index in [4.69, 9.17) is 11.6 Å². The van der Waals surface area contributed by atoms with Gasteiger partial charge < -0.3 is 5.32 Å². The molecule has 0 aliphatic heterocycles. The van der Waals surface area contributed by atoms with Crippen molar-refractivity contribution in [2.75, 3.05) is 5.32 Å². The molecule has 2 rings (SSSR count). The van der Waals surface area contributed by atoms with Crippen molar-refractivity contribution in [1.29, 1.82) is 0 Å². The molecular weight excluding hydrogens is 258 g/mol. The van der Waals surface area contributed by atoms with E-state index in [0.29, 0.717) is 11.2 Å². The van der Waals surface area contributed by atoms with Crippen LogP contribution in [0.3, 0.4) is 0 Å². The molecule has 1 aromatic heterocycles. The molecule has 0 radical (unpaired) electrons. The summed E-state index contributed by atoms with van der Waals surface area (Å²) in [5.41, 5.74) is 0.960. The van der Waals surface area contributed by atoms with Crippen molar-refractivity contribution >= 4 is 17.4 Å². The van der Waals surface area contributed by atoms with Crippen LogP contribution in [0.25, 0.3) is 0 Å². The van der Waals surface area contributed by atoms with E-state index < -0.39 is 0 Å². The summed E-state index contributed by atoms with van der Waals surface area (Å²) >= 11 is 6.14. The Kier molecular flexibility index (Phi) is 5.03. The van der Waals surface area contributed by atoms with E-state index in [9.17, 15) is 0 Å². The average Bonchev–Trinajstić information content (AvgIpc) is 2.42. The number of hydrogen-bond acceptors (Lipinski definition) is 3. The maximum absolute atomic E-state index is 6.14. The molecule has 0 aromatic carbocycles. The number of aromatic nitrogens is 2. The first kappa shape index (κ1) is 14.6. The molecule has 1 fully saturated rings. The lowest BCUT2D eigenvalue weighted by molar-refractivity contribution is 0.312. The lowest BCUT2D eigenvalue weighted by Gasteiger charge is -2.31. The second-order valence-corrected chi connectivity index (χ2v) is 5.95. The molecule has 1 aliphatic carbocycles. The quantitative estimate of drug-likeness (QED) is 0.825. The number of nitrogens with zero attached hydrogens (tertiary/aromatic N) is 2. The number of halogens is 1. The van der Waals surface area contributed by atoms with Gasteiger partial charge in [0, 0.05) is 11.6 Å². The fraction of sp³-hybridized carbons (Fsp3) is 0.733. The third-order valence-electron chi connectivity index (χ3n) is 4.18. The van der Waals surface area contributed by atoms with Crippen LogP contribution in [0.1, 0.15) is 56.8 Å². The first-order valence-corrected chi connectivity index (χ1v) is 7.77.